The van der Waals surface area contributed by atoms with Crippen LogP contribution in [0.2, 0.25) is 0 Å². The number of likely N-dealkylation sites (tertiary alicyclic amines) is 1. The highest BCUT2D eigenvalue weighted by Gasteiger charge is 2.24. The van der Waals surface area contributed by atoms with E-state index in [0.29, 0.717) is 24.6 Å². The van der Waals surface area contributed by atoms with E-state index in [1.807, 2.05) is 17.3 Å². The first-order chi connectivity index (χ1) is 14.7. The van der Waals surface area contributed by atoms with Crippen molar-refractivity contribution < 1.29 is 9.18 Å². The zero-order valence-corrected chi connectivity index (χ0v) is 16.5. The van der Waals surface area contributed by atoms with Crippen LogP contribution in [0.4, 0.5) is 4.39 Å². The van der Waals surface area contributed by atoms with Gasteiger partial charge in [-0.15, -0.1) is 0 Å². The maximum atomic E-state index is 13.4. The van der Waals surface area contributed by atoms with Crippen molar-refractivity contribution in [3.63, 3.8) is 0 Å². The van der Waals surface area contributed by atoms with E-state index < -0.39 is 0 Å². The van der Waals surface area contributed by atoms with Gasteiger partial charge in [0.15, 0.2) is 0 Å². The maximum Gasteiger partial charge on any atom is 0.253 e. The van der Waals surface area contributed by atoms with E-state index in [2.05, 4.69) is 38.1 Å². The molecule has 6 nitrogen and oxygen atoms in total. The molecule has 0 unspecified atom stereocenters. The Kier molecular flexibility index (Phi) is 4.78. The molecule has 0 radical (unpaired) electrons. The number of rotatable bonds is 4. The minimum absolute atomic E-state index is 0.0900. The number of hydrogen-bond donors (Lipinski definition) is 1. The van der Waals surface area contributed by atoms with Crippen molar-refractivity contribution in [3.05, 3.63) is 72.6 Å². The Morgan fingerprint density at radius 3 is 2.77 bits per heavy atom. The lowest BCUT2D eigenvalue weighted by atomic mass is 9.96. The second kappa shape index (κ2) is 7.74. The summed E-state index contributed by atoms with van der Waals surface area (Å²) in [7, 11) is 0. The van der Waals surface area contributed by atoms with Crippen molar-refractivity contribution in [1.82, 2.24) is 24.6 Å². The molecule has 3 aromatic heterocycles. The quantitative estimate of drug-likeness (QED) is 0.557. The topological polar surface area (TPSA) is 66.8 Å². The summed E-state index contributed by atoms with van der Waals surface area (Å²) in [5, 5.41) is 7.93. The van der Waals surface area contributed by atoms with Crippen molar-refractivity contribution in [3.8, 4) is 11.1 Å². The molecule has 4 aromatic rings. The second-order valence-corrected chi connectivity index (χ2v) is 7.84. The molecule has 0 bridgehead atoms. The van der Waals surface area contributed by atoms with Crippen LogP contribution in [0.3, 0.4) is 0 Å². The number of piperidine rings is 1. The fourth-order valence-corrected chi connectivity index (χ4v) is 4.19. The van der Waals surface area contributed by atoms with Crippen LogP contribution >= 0.6 is 0 Å². The lowest BCUT2D eigenvalue weighted by molar-refractivity contribution is 0.0683. The molecule has 0 atom stereocenters. The lowest BCUT2D eigenvalue weighted by Crippen LogP contribution is -2.39. The van der Waals surface area contributed by atoms with Crippen LogP contribution in [-0.2, 0) is 6.54 Å². The Bertz CT molecular complexity index is 1180. The molecule has 5 rings (SSSR count). The number of amides is 1. The lowest BCUT2D eigenvalue weighted by Gasteiger charge is -2.32. The van der Waals surface area contributed by atoms with Crippen molar-refractivity contribution >= 4 is 16.9 Å². The molecule has 1 saturated heterocycles. The first-order valence-electron chi connectivity index (χ1n) is 10.2. The van der Waals surface area contributed by atoms with Crippen molar-refractivity contribution in [2.24, 2.45) is 5.92 Å². The van der Waals surface area contributed by atoms with Crippen LogP contribution in [0, 0.1) is 11.7 Å². The normalized spacial score (nSPS) is 15.0. The summed E-state index contributed by atoms with van der Waals surface area (Å²) in [4.78, 5) is 19.1. The number of pyridine rings is 1. The molecule has 0 saturated carbocycles. The first kappa shape index (κ1) is 18.5. The third kappa shape index (κ3) is 3.58. The van der Waals surface area contributed by atoms with Crippen LogP contribution in [0.25, 0.3) is 22.2 Å². The molecule has 1 aromatic carbocycles. The van der Waals surface area contributed by atoms with E-state index in [-0.39, 0.29) is 11.7 Å². The standard InChI is InChI=1S/C23H22FN5O/c24-21-3-1-2-18(11-21)23(30)28-7-4-16(5-8-28)15-29-9-6-17-10-19(12-25-22(17)29)20-13-26-27-14-20/h1-3,6,9-14,16H,4-5,7-8,15H2,(H,26,27). The molecule has 7 heteroatoms. The number of nitrogens with zero attached hydrogens (tertiary/aromatic N) is 4. The number of halogens is 1. The predicted octanol–water partition coefficient (Wildman–Crippen LogP) is 4.12. The van der Waals surface area contributed by atoms with Gasteiger partial charge in [0.1, 0.15) is 11.5 Å². The Morgan fingerprint density at radius 1 is 1.13 bits per heavy atom. The van der Waals surface area contributed by atoms with Gasteiger partial charge in [-0.3, -0.25) is 9.89 Å². The number of fused-ring (bicyclic) bond motifs is 1. The predicted molar refractivity (Wildman–Crippen MR) is 112 cm³/mol. The largest absolute Gasteiger partial charge is 0.339 e. The van der Waals surface area contributed by atoms with E-state index in [0.717, 1.165) is 41.5 Å². The second-order valence-electron chi connectivity index (χ2n) is 7.84. The van der Waals surface area contributed by atoms with E-state index in [9.17, 15) is 9.18 Å². The van der Waals surface area contributed by atoms with Gasteiger partial charge in [-0.1, -0.05) is 6.07 Å². The molecule has 1 aliphatic heterocycles. The van der Waals surface area contributed by atoms with E-state index >= 15 is 0 Å². The third-order valence-corrected chi connectivity index (χ3v) is 5.86. The number of benzene rings is 1. The monoisotopic (exact) mass is 403 g/mol. The molecular weight excluding hydrogens is 381 g/mol. The number of hydrogen-bond acceptors (Lipinski definition) is 3. The maximum absolute atomic E-state index is 13.4. The summed E-state index contributed by atoms with van der Waals surface area (Å²) in [5.41, 5.74) is 3.45. The van der Waals surface area contributed by atoms with Gasteiger partial charge >= 0.3 is 0 Å². The summed E-state index contributed by atoms with van der Waals surface area (Å²) >= 11 is 0. The van der Waals surface area contributed by atoms with Gasteiger partial charge in [-0.05, 0) is 49.1 Å². The van der Waals surface area contributed by atoms with Crippen LogP contribution in [-0.4, -0.2) is 43.6 Å². The highest BCUT2D eigenvalue weighted by molar-refractivity contribution is 5.94. The molecule has 1 fully saturated rings. The van der Waals surface area contributed by atoms with Crippen LogP contribution < -0.4 is 0 Å². The Hall–Kier alpha value is -3.48. The first-order valence-corrected chi connectivity index (χ1v) is 10.2. The number of aromatic nitrogens is 4. The van der Waals surface area contributed by atoms with Gasteiger partial charge in [0, 0.05) is 60.3 Å². The summed E-state index contributed by atoms with van der Waals surface area (Å²) in [6.45, 7) is 2.26. The van der Waals surface area contributed by atoms with Gasteiger partial charge in [0.2, 0.25) is 0 Å². The summed E-state index contributed by atoms with van der Waals surface area (Å²) < 4.78 is 15.6. The minimum atomic E-state index is -0.376. The number of H-pyrrole nitrogens is 1. The van der Waals surface area contributed by atoms with Gasteiger partial charge < -0.3 is 9.47 Å². The molecule has 30 heavy (non-hydrogen) atoms. The van der Waals surface area contributed by atoms with E-state index in [4.69, 9.17) is 0 Å². The summed E-state index contributed by atoms with van der Waals surface area (Å²) in [6, 6.07) is 10.1. The number of carbonyl (C=O) groups is 1. The van der Waals surface area contributed by atoms with Gasteiger partial charge in [-0.25, -0.2) is 9.37 Å². The van der Waals surface area contributed by atoms with Crippen molar-refractivity contribution in [2.45, 2.75) is 19.4 Å². The van der Waals surface area contributed by atoms with Crippen LogP contribution in [0.15, 0.2) is 61.2 Å². The molecule has 0 spiro atoms. The average molecular weight is 403 g/mol. The van der Waals surface area contributed by atoms with Crippen LogP contribution in [0.1, 0.15) is 23.2 Å². The Morgan fingerprint density at radius 2 is 2.00 bits per heavy atom. The van der Waals surface area contributed by atoms with Crippen molar-refractivity contribution in [2.75, 3.05) is 13.1 Å². The van der Waals surface area contributed by atoms with Crippen molar-refractivity contribution in [1.29, 1.82) is 0 Å². The van der Waals surface area contributed by atoms with Gasteiger partial charge in [0.05, 0.1) is 6.20 Å². The highest BCUT2D eigenvalue weighted by Crippen LogP contribution is 2.26. The number of aromatic amines is 1. The smallest absolute Gasteiger partial charge is 0.253 e. The van der Waals surface area contributed by atoms with Gasteiger partial charge in [-0.2, -0.15) is 5.10 Å². The number of carbonyl (C=O) groups excluding carboxylic acids is 1. The van der Waals surface area contributed by atoms with E-state index in [1.54, 1.807) is 18.3 Å². The molecule has 1 N–H and O–H groups in total. The molecule has 1 amide bonds. The zero-order valence-electron chi connectivity index (χ0n) is 16.5. The summed E-state index contributed by atoms with van der Waals surface area (Å²) in [6.07, 6.45) is 9.46. The molecule has 152 valence electrons. The summed E-state index contributed by atoms with van der Waals surface area (Å²) in [5.74, 6) is 0.0129. The third-order valence-electron chi connectivity index (χ3n) is 5.86. The SMILES string of the molecule is O=C(c1cccc(F)c1)N1CCC(Cn2ccc3cc(-c4cn[nH]c4)cnc32)CC1. The van der Waals surface area contributed by atoms with E-state index in [1.165, 1.54) is 12.1 Å². The molecular formula is C23H22FN5O. The Balaban J connectivity index is 1.24. The van der Waals surface area contributed by atoms with Gasteiger partial charge in [0.25, 0.3) is 5.91 Å². The minimum Gasteiger partial charge on any atom is -0.339 e. The van der Waals surface area contributed by atoms with Crippen LogP contribution in [0.5, 0.6) is 0 Å². The molecule has 1 aliphatic rings. The molecule has 4 heterocycles. The number of nitrogens with one attached hydrogen (secondary N) is 1. The average Bonchev–Trinajstić information content (AvgIpc) is 3.44. The fourth-order valence-electron chi connectivity index (χ4n) is 4.19. The molecule has 0 aliphatic carbocycles. The highest BCUT2D eigenvalue weighted by atomic mass is 19.1. The zero-order chi connectivity index (χ0) is 20.5. The fraction of sp³-hybridized carbons (Fsp3) is 0.261. The Labute approximate surface area is 173 Å².